The van der Waals surface area contributed by atoms with Crippen LogP contribution in [0.3, 0.4) is 0 Å². The van der Waals surface area contributed by atoms with E-state index in [1.54, 1.807) is 18.4 Å². The van der Waals surface area contributed by atoms with E-state index < -0.39 is 29.7 Å². The summed E-state index contributed by atoms with van der Waals surface area (Å²) < 4.78 is 5.19. The fourth-order valence-electron chi connectivity index (χ4n) is 3.27. The lowest BCUT2D eigenvalue weighted by atomic mass is 9.82. The van der Waals surface area contributed by atoms with E-state index in [2.05, 4.69) is 5.32 Å². The first kappa shape index (κ1) is 19.8. The van der Waals surface area contributed by atoms with Gasteiger partial charge >= 0.3 is 11.9 Å². The topological polar surface area (TPSA) is 92.7 Å². The van der Waals surface area contributed by atoms with Crippen molar-refractivity contribution in [2.75, 3.05) is 11.9 Å². The monoisotopic (exact) mass is 399 g/mol. The number of hydrogen-bond acceptors (Lipinski definition) is 5. The predicted octanol–water partition coefficient (Wildman–Crippen LogP) is 4.20. The number of esters is 1. The molecule has 0 saturated heterocycles. The van der Waals surface area contributed by atoms with Crippen molar-refractivity contribution >= 4 is 34.2 Å². The number of carbonyl (C=O) groups is 3. The second-order valence-corrected chi connectivity index (χ2v) is 7.30. The van der Waals surface area contributed by atoms with E-state index in [0.717, 1.165) is 5.56 Å². The molecule has 0 spiro atoms. The molecule has 0 fully saturated rings. The van der Waals surface area contributed by atoms with E-state index in [9.17, 15) is 19.5 Å². The maximum absolute atomic E-state index is 12.8. The fourth-order valence-corrected chi connectivity index (χ4v) is 4.23. The van der Waals surface area contributed by atoms with Crippen molar-refractivity contribution in [3.05, 3.63) is 53.4 Å². The molecule has 3 rings (SSSR count). The number of carbonyl (C=O) groups excluding carboxylic acids is 2. The van der Waals surface area contributed by atoms with Crippen LogP contribution in [0.15, 0.2) is 47.9 Å². The Bertz CT molecular complexity index is 903. The first-order chi connectivity index (χ1) is 13.5. The van der Waals surface area contributed by atoms with Crippen LogP contribution < -0.4 is 5.32 Å². The van der Waals surface area contributed by atoms with Gasteiger partial charge in [0, 0.05) is 10.9 Å². The number of rotatable bonds is 6. The molecule has 6 nitrogen and oxygen atoms in total. The van der Waals surface area contributed by atoms with Crippen LogP contribution in [0.4, 0.5) is 5.00 Å². The zero-order chi connectivity index (χ0) is 20.1. The molecule has 28 heavy (non-hydrogen) atoms. The van der Waals surface area contributed by atoms with E-state index in [0.29, 0.717) is 29.0 Å². The van der Waals surface area contributed by atoms with Crippen LogP contribution in [0, 0.1) is 11.8 Å². The molecular formula is C21H21NO5S. The highest BCUT2D eigenvalue weighted by Gasteiger charge is 2.35. The summed E-state index contributed by atoms with van der Waals surface area (Å²) in [5.74, 6) is -3.37. The third-order valence-corrected chi connectivity index (χ3v) is 5.57. The van der Waals surface area contributed by atoms with E-state index in [-0.39, 0.29) is 6.61 Å². The predicted molar refractivity (Wildman–Crippen MR) is 107 cm³/mol. The quantitative estimate of drug-likeness (QED) is 0.561. The summed E-state index contributed by atoms with van der Waals surface area (Å²) in [5.41, 5.74) is 1.81. The zero-order valence-corrected chi connectivity index (χ0v) is 16.2. The van der Waals surface area contributed by atoms with Gasteiger partial charge in [-0.1, -0.05) is 42.5 Å². The Morgan fingerprint density at radius 1 is 1.14 bits per heavy atom. The molecule has 1 amide bonds. The van der Waals surface area contributed by atoms with Gasteiger partial charge in [0.1, 0.15) is 10.6 Å². The molecule has 0 radical (unpaired) electrons. The average molecular weight is 399 g/mol. The second-order valence-electron chi connectivity index (χ2n) is 6.42. The van der Waals surface area contributed by atoms with Crippen molar-refractivity contribution in [1.82, 2.24) is 0 Å². The molecule has 0 saturated carbocycles. The van der Waals surface area contributed by atoms with Crippen LogP contribution in [0.1, 0.15) is 30.1 Å². The number of aliphatic carboxylic acids is 1. The maximum Gasteiger partial charge on any atom is 0.341 e. The van der Waals surface area contributed by atoms with Crippen LogP contribution in [-0.4, -0.2) is 29.6 Å². The van der Waals surface area contributed by atoms with Crippen LogP contribution in [-0.2, 0) is 14.3 Å². The number of anilines is 1. The third kappa shape index (κ3) is 4.14. The Balaban J connectivity index is 1.92. The van der Waals surface area contributed by atoms with Crippen LogP contribution in [0.5, 0.6) is 0 Å². The summed E-state index contributed by atoms with van der Waals surface area (Å²) in [4.78, 5) is 36.9. The summed E-state index contributed by atoms with van der Waals surface area (Å²) in [6.45, 7) is 1.93. The minimum atomic E-state index is -0.994. The number of thiophene rings is 1. The van der Waals surface area contributed by atoms with Crippen LogP contribution >= 0.6 is 11.3 Å². The number of ether oxygens (including phenoxy) is 1. The van der Waals surface area contributed by atoms with Crippen molar-refractivity contribution in [3.8, 4) is 11.1 Å². The molecule has 1 aliphatic carbocycles. The number of nitrogens with one attached hydrogen (secondary N) is 1. The van der Waals surface area contributed by atoms with Gasteiger partial charge in [0.15, 0.2) is 0 Å². The summed E-state index contributed by atoms with van der Waals surface area (Å²) in [5, 5.41) is 14.4. The van der Waals surface area contributed by atoms with Crippen molar-refractivity contribution in [3.63, 3.8) is 0 Å². The molecule has 0 aliphatic heterocycles. The zero-order valence-electron chi connectivity index (χ0n) is 15.4. The van der Waals surface area contributed by atoms with Gasteiger partial charge in [-0.3, -0.25) is 9.59 Å². The highest BCUT2D eigenvalue weighted by molar-refractivity contribution is 7.15. The van der Waals surface area contributed by atoms with E-state index in [4.69, 9.17) is 4.74 Å². The standard InChI is InChI=1S/C21H21NO5S/c1-2-27-21(26)17-16(13-8-4-3-5-9-13)12-28-19(17)22-18(23)14-10-6-7-11-15(14)20(24)25/h3-9,12,14-15H,2,10-11H2,1H3,(H,22,23)(H,24,25)/t14-,15-/m0/s1. The number of amides is 1. The number of hydrogen-bond donors (Lipinski definition) is 2. The van der Waals surface area contributed by atoms with Crippen LogP contribution in [0.2, 0.25) is 0 Å². The summed E-state index contributed by atoms with van der Waals surface area (Å²) in [6.07, 6.45) is 4.28. The lowest BCUT2D eigenvalue weighted by Crippen LogP contribution is -2.34. The van der Waals surface area contributed by atoms with Gasteiger partial charge < -0.3 is 15.2 Å². The minimum Gasteiger partial charge on any atom is -0.481 e. The van der Waals surface area contributed by atoms with Crippen molar-refractivity contribution in [2.45, 2.75) is 19.8 Å². The molecule has 1 heterocycles. The molecule has 2 atom stereocenters. The SMILES string of the molecule is CCOC(=O)c1c(-c2ccccc2)csc1NC(=O)[C@H]1CC=CC[C@@H]1C(=O)O. The molecule has 7 heteroatoms. The summed E-state index contributed by atoms with van der Waals surface area (Å²) in [7, 11) is 0. The molecule has 0 unspecified atom stereocenters. The largest absolute Gasteiger partial charge is 0.481 e. The van der Waals surface area contributed by atoms with Crippen molar-refractivity contribution in [1.29, 1.82) is 0 Å². The minimum absolute atomic E-state index is 0.213. The molecular weight excluding hydrogens is 378 g/mol. The first-order valence-electron chi connectivity index (χ1n) is 9.05. The fraction of sp³-hybridized carbons (Fsp3) is 0.286. The van der Waals surface area contributed by atoms with Gasteiger partial charge in [0.05, 0.1) is 18.4 Å². The molecule has 0 bridgehead atoms. The Kier molecular flexibility index (Phi) is 6.26. The van der Waals surface area contributed by atoms with Crippen LogP contribution in [0.25, 0.3) is 11.1 Å². The van der Waals surface area contributed by atoms with E-state index in [1.165, 1.54) is 11.3 Å². The lowest BCUT2D eigenvalue weighted by Gasteiger charge is -2.24. The third-order valence-electron chi connectivity index (χ3n) is 4.68. The smallest absolute Gasteiger partial charge is 0.341 e. The Morgan fingerprint density at radius 3 is 2.46 bits per heavy atom. The average Bonchev–Trinajstić information content (AvgIpc) is 3.12. The molecule has 2 N–H and O–H groups in total. The van der Waals surface area contributed by atoms with Gasteiger partial charge in [-0.2, -0.15) is 0 Å². The molecule has 1 aromatic heterocycles. The van der Waals surface area contributed by atoms with Gasteiger partial charge in [-0.15, -0.1) is 11.3 Å². The highest BCUT2D eigenvalue weighted by Crippen LogP contribution is 2.37. The Labute approximate surface area is 166 Å². The van der Waals surface area contributed by atoms with Gasteiger partial charge in [0.2, 0.25) is 5.91 Å². The summed E-state index contributed by atoms with van der Waals surface area (Å²) in [6, 6.07) is 9.37. The van der Waals surface area contributed by atoms with E-state index >= 15 is 0 Å². The highest BCUT2D eigenvalue weighted by atomic mass is 32.1. The number of benzene rings is 1. The summed E-state index contributed by atoms with van der Waals surface area (Å²) >= 11 is 1.23. The maximum atomic E-state index is 12.8. The number of carboxylic acid groups (broad SMARTS) is 1. The van der Waals surface area contributed by atoms with Gasteiger partial charge in [-0.05, 0) is 25.3 Å². The van der Waals surface area contributed by atoms with Gasteiger partial charge in [0.25, 0.3) is 0 Å². The molecule has 146 valence electrons. The Morgan fingerprint density at radius 2 is 1.82 bits per heavy atom. The first-order valence-corrected chi connectivity index (χ1v) is 9.93. The Hall–Kier alpha value is -2.93. The van der Waals surface area contributed by atoms with Crippen molar-refractivity contribution < 1.29 is 24.2 Å². The molecule has 2 aromatic rings. The number of allylic oxidation sites excluding steroid dienone is 2. The normalized spacial score (nSPS) is 18.5. The van der Waals surface area contributed by atoms with Gasteiger partial charge in [-0.25, -0.2) is 4.79 Å². The molecule has 1 aromatic carbocycles. The lowest BCUT2D eigenvalue weighted by molar-refractivity contribution is -0.146. The second kappa shape index (κ2) is 8.84. The number of carboxylic acids is 1. The molecule has 1 aliphatic rings. The van der Waals surface area contributed by atoms with E-state index in [1.807, 2.05) is 36.4 Å². The van der Waals surface area contributed by atoms with Crippen molar-refractivity contribution in [2.24, 2.45) is 11.8 Å².